The molecule has 1 heterocycles. The van der Waals surface area contributed by atoms with Crippen molar-refractivity contribution >= 4 is 17.7 Å². The number of nitrogens with one attached hydrogen (secondary N) is 3. The van der Waals surface area contributed by atoms with Crippen LogP contribution in [0.5, 0.6) is 0 Å². The van der Waals surface area contributed by atoms with Gasteiger partial charge in [0.25, 0.3) is 0 Å². The number of hydrogen-bond acceptors (Lipinski definition) is 9. The highest BCUT2D eigenvalue weighted by atomic mass is 16.3. The summed E-state index contributed by atoms with van der Waals surface area (Å²) >= 11 is 0. The van der Waals surface area contributed by atoms with Gasteiger partial charge in [-0.05, 0) is 96.3 Å². The van der Waals surface area contributed by atoms with Crippen LogP contribution in [0.4, 0.5) is 0 Å². The van der Waals surface area contributed by atoms with Crippen LogP contribution in [-0.4, -0.2) is 145 Å². The van der Waals surface area contributed by atoms with Crippen LogP contribution in [0.25, 0.3) is 0 Å². The van der Waals surface area contributed by atoms with Crippen molar-refractivity contribution < 1.29 is 29.7 Å². The minimum absolute atomic E-state index is 0.0109. The van der Waals surface area contributed by atoms with Crippen LogP contribution in [0.15, 0.2) is 36.5 Å². The van der Waals surface area contributed by atoms with E-state index in [4.69, 9.17) is 0 Å². The normalized spacial score (nSPS) is 14.7. The highest BCUT2D eigenvalue weighted by Crippen LogP contribution is 2.14. The molecule has 474 valence electrons. The molecule has 0 aliphatic carbocycles. The van der Waals surface area contributed by atoms with E-state index >= 15 is 0 Å². The first-order chi connectivity index (χ1) is 39.7. The smallest absolute Gasteiger partial charge is 0.250 e. The van der Waals surface area contributed by atoms with Gasteiger partial charge in [0.1, 0.15) is 18.3 Å². The third-order valence-electron chi connectivity index (χ3n) is 16.4. The monoisotopic (exact) mass is 1140 g/mol. The van der Waals surface area contributed by atoms with Crippen LogP contribution in [0, 0.1) is 0 Å². The first-order valence-electron chi connectivity index (χ1n) is 34.7. The van der Waals surface area contributed by atoms with Crippen molar-refractivity contribution in [3.8, 4) is 0 Å². The van der Waals surface area contributed by atoms with Gasteiger partial charge in [-0.15, -0.1) is 0 Å². The average Bonchev–Trinajstić information content (AvgIpc) is 3.47. The van der Waals surface area contributed by atoms with Crippen LogP contribution in [0.2, 0.25) is 0 Å². The van der Waals surface area contributed by atoms with Gasteiger partial charge >= 0.3 is 0 Å². The molecule has 3 atom stereocenters. The maximum Gasteiger partial charge on any atom is 0.250 e. The molecule has 1 aliphatic rings. The van der Waals surface area contributed by atoms with Gasteiger partial charge in [0.15, 0.2) is 0 Å². The zero-order chi connectivity index (χ0) is 58.7. The molecule has 0 bridgehead atoms. The van der Waals surface area contributed by atoms with Crippen LogP contribution in [0.3, 0.4) is 0 Å². The molecule has 6 N–H and O–H groups in total. The van der Waals surface area contributed by atoms with E-state index in [0.717, 1.165) is 77.3 Å². The van der Waals surface area contributed by atoms with E-state index in [1.807, 2.05) is 4.90 Å². The fourth-order valence-corrected chi connectivity index (χ4v) is 10.8. The molecule has 1 saturated heterocycles. The topological polar surface area (TPSA) is 158 Å². The molecule has 0 aromatic heterocycles. The van der Waals surface area contributed by atoms with E-state index in [1.165, 1.54) is 205 Å². The lowest BCUT2D eigenvalue weighted by Gasteiger charge is -2.36. The van der Waals surface area contributed by atoms with Crippen molar-refractivity contribution in [1.29, 1.82) is 0 Å². The number of amides is 3. The van der Waals surface area contributed by atoms with E-state index in [0.29, 0.717) is 45.8 Å². The Morgan fingerprint density at radius 3 is 0.901 bits per heavy atom. The van der Waals surface area contributed by atoms with E-state index < -0.39 is 30.1 Å². The predicted octanol–water partition coefficient (Wildman–Crippen LogP) is 14.4. The second kappa shape index (κ2) is 59.1. The third-order valence-corrected chi connectivity index (χ3v) is 16.4. The van der Waals surface area contributed by atoms with Crippen molar-refractivity contribution in [2.24, 2.45) is 0 Å². The van der Waals surface area contributed by atoms with Gasteiger partial charge in [-0.25, -0.2) is 0 Å². The third kappa shape index (κ3) is 50.4. The number of rotatable bonds is 60. The number of allylic oxidation sites excluding steroid dienone is 6. The predicted molar refractivity (Wildman–Crippen MR) is 345 cm³/mol. The average molecular weight is 1140 g/mol. The first kappa shape index (κ1) is 76.4. The highest BCUT2D eigenvalue weighted by molar-refractivity contribution is 5.81. The standard InChI is InChI=1S/C69H132N6O6/c1-4-7-10-13-16-19-22-25-28-31-34-37-40-43-46-49-52-70-67(79)64(76)61-74-58-55-73(56-59-74)57-60-75(62-65(77)68(80)71-53-50-47-44-41-38-35-32-29-26-23-20-17-14-11-8-5-2)63-66(78)69(81)72-54-51-48-45-42-39-36-33-30-27-24-21-18-15-12-9-6-3/h25-30,64-66,76-78H,4-24,31-63H2,1-3H3,(H,70,79)(H,71,80)(H,72,81)/b28-25-,29-26-,30-27-. The molecule has 0 aromatic rings. The van der Waals surface area contributed by atoms with Crippen molar-refractivity contribution in [3.63, 3.8) is 0 Å². The fraction of sp³-hybridized carbons (Fsp3) is 0.870. The summed E-state index contributed by atoms with van der Waals surface area (Å²) in [6.45, 7) is 12.7. The maximum absolute atomic E-state index is 13.1. The molecule has 0 saturated carbocycles. The van der Waals surface area contributed by atoms with E-state index in [-0.39, 0.29) is 25.5 Å². The summed E-state index contributed by atoms with van der Waals surface area (Å²) in [5.74, 6) is -1.16. The molecular formula is C69H132N6O6. The highest BCUT2D eigenvalue weighted by Gasteiger charge is 2.26. The number of unbranched alkanes of at least 4 members (excludes halogenated alkanes) is 36. The molecule has 3 amide bonds. The number of carbonyl (C=O) groups excluding carboxylic acids is 3. The molecule has 1 fully saturated rings. The molecule has 3 unspecified atom stereocenters. The zero-order valence-corrected chi connectivity index (χ0v) is 53.3. The van der Waals surface area contributed by atoms with Gasteiger partial charge in [-0.1, -0.05) is 231 Å². The summed E-state index contributed by atoms with van der Waals surface area (Å²) < 4.78 is 0. The van der Waals surface area contributed by atoms with E-state index in [9.17, 15) is 29.7 Å². The van der Waals surface area contributed by atoms with Crippen LogP contribution >= 0.6 is 0 Å². The van der Waals surface area contributed by atoms with Gasteiger partial charge in [0, 0.05) is 78.5 Å². The number of β-amino-alcohol motifs (C(OH)–C–C–N with tert-alkyl or cyclic N) is 1. The second-order valence-electron chi connectivity index (χ2n) is 24.1. The summed E-state index contributed by atoms with van der Waals surface area (Å²) in [7, 11) is 0. The van der Waals surface area contributed by atoms with Crippen molar-refractivity contribution in [3.05, 3.63) is 36.5 Å². The lowest BCUT2D eigenvalue weighted by atomic mass is 10.1. The quantitative estimate of drug-likeness (QED) is 0.0258. The minimum atomic E-state index is -1.29. The fourth-order valence-electron chi connectivity index (χ4n) is 10.8. The maximum atomic E-state index is 13.1. The lowest BCUT2D eigenvalue weighted by molar-refractivity contribution is -0.132. The van der Waals surface area contributed by atoms with Gasteiger partial charge in [0.05, 0.1) is 0 Å². The number of hydrogen-bond donors (Lipinski definition) is 6. The van der Waals surface area contributed by atoms with Crippen molar-refractivity contribution in [2.45, 2.75) is 309 Å². The molecule has 81 heavy (non-hydrogen) atoms. The summed E-state index contributed by atoms with van der Waals surface area (Å²) in [6.07, 6.45) is 62.1. The van der Waals surface area contributed by atoms with Gasteiger partial charge < -0.3 is 31.3 Å². The van der Waals surface area contributed by atoms with Crippen LogP contribution in [0.1, 0.15) is 290 Å². The number of nitrogens with zero attached hydrogens (tertiary/aromatic N) is 3. The number of piperazine rings is 1. The Hall–Kier alpha value is -2.61. The molecule has 0 radical (unpaired) electrons. The Labute approximate surface area is 499 Å². The second-order valence-corrected chi connectivity index (χ2v) is 24.1. The number of aliphatic hydroxyl groups is 3. The minimum Gasteiger partial charge on any atom is -0.382 e. The summed E-state index contributed by atoms with van der Waals surface area (Å²) in [5, 5.41) is 41.7. The van der Waals surface area contributed by atoms with Crippen molar-refractivity contribution in [1.82, 2.24) is 30.7 Å². The molecular weight excluding hydrogens is 1010 g/mol. The Bertz CT molecular complexity index is 1420. The lowest BCUT2D eigenvalue weighted by Crippen LogP contribution is -2.53. The first-order valence-corrected chi connectivity index (χ1v) is 34.7. The largest absolute Gasteiger partial charge is 0.382 e. The SMILES string of the molecule is CCCCCCCC/C=C\CCCCCCCCNC(=O)C(O)CN1CCN(CCN(CC(O)C(=O)NCCCCCCCC/C=C\CCCCCCCC)CC(O)C(=O)NCCCCCCCC/C=C\CCCCCCCC)CC1. The van der Waals surface area contributed by atoms with E-state index in [1.54, 1.807) is 0 Å². The Morgan fingerprint density at radius 2 is 0.605 bits per heavy atom. The Morgan fingerprint density at radius 1 is 0.358 bits per heavy atom. The zero-order valence-electron chi connectivity index (χ0n) is 53.3. The molecule has 1 rings (SSSR count). The molecule has 12 heteroatoms. The number of carbonyl (C=O) groups is 3. The summed E-state index contributed by atoms with van der Waals surface area (Å²) in [4.78, 5) is 45.2. The van der Waals surface area contributed by atoms with Gasteiger partial charge in [0.2, 0.25) is 17.7 Å². The Kier molecular flexibility index (Phi) is 55.8. The summed E-state index contributed by atoms with van der Waals surface area (Å²) in [5.41, 5.74) is 0. The van der Waals surface area contributed by atoms with Crippen LogP contribution < -0.4 is 16.0 Å². The molecule has 0 spiro atoms. The van der Waals surface area contributed by atoms with E-state index in [2.05, 4.69) is 83.0 Å². The van der Waals surface area contributed by atoms with Gasteiger partial charge in [-0.3, -0.25) is 29.1 Å². The molecule has 1 aliphatic heterocycles. The van der Waals surface area contributed by atoms with Crippen LogP contribution in [-0.2, 0) is 14.4 Å². The molecule has 12 nitrogen and oxygen atoms in total. The Balaban J connectivity index is 2.44. The van der Waals surface area contributed by atoms with Crippen molar-refractivity contribution in [2.75, 3.05) is 78.5 Å². The van der Waals surface area contributed by atoms with Gasteiger partial charge in [-0.2, -0.15) is 0 Å². The molecule has 0 aromatic carbocycles. The number of aliphatic hydroxyl groups excluding tert-OH is 3. The summed E-state index contributed by atoms with van der Waals surface area (Å²) in [6, 6.07) is 0.